The first-order valence-electron chi connectivity index (χ1n) is 10.5. The van der Waals surface area contributed by atoms with Crippen LogP contribution in [0.2, 0.25) is 0 Å². The van der Waals surface area contributed by atoms with Crippen molar-refractivity contribution in [3.8, 4) is 0 Å². The molecule has 0 aromatic carbocycles. The summed E-state index contributed by atoms with van der Waals surface area (Å²) in [6.45, 7) is 13.3. The minimum absolute atomic E-state index is 0.0125. The zero-order chi connectivity index (χ0) is 22.3. The molecule has 0 rings (SSSR count). The molecule has 9 nitrogen and oxygen atoms in total. The second-order valence-corrected chi connectivity index (χ2v) is 8.61. The summed E-state index contributed by atoms with van der Waals surface area (Å²) >= 11 is 0. The third-order valence-electron chi connectivity index (χ3n) is 3.77. The normalized spacial score (nSPS) is 19.3. The molecule has 0 fully saturated rings. The maximum Gasteiger partial charge on any atom is 0.0781 e. The van der Waals surface area contributed by atoms with E-state index < -0.39 is 5.41 Å². The molecule has 5 atom stereocenters. The molecule has 0 bridgehead atoms. The second kappa shape index (κ2) is 16.3. The van der Waals surface area contributed by atoms with E-state index in [1.807, 2.05) is 34.6 Å². The fourth-order valence-corrected chi connectivity index (χ4v) is 2.44. The Morgan fingerprint density at radius 1 is 0.517 bits per heavy atom. The zero-order valence-corrected chi connectivity index (χ0v) is 19.1. The molecule has 5 unspecified atom stereocenters. The molecule has 0 aromatic rings. The lowest BCUT2D eigenvalue weighted by Gasteiger charge is -2.34. The van der Waals surface area contributed by atoms with Gasteiger partial charge in [-0.3, -0.25) is 0 Å². The van der Waals surface area contributed by atoms with E-state index in [1.165, 1.54) is 0 Å². The number of nitrogens with two attached hydrogens (primary N) is 4. The molecule has 9 heteroatoms. The third-order valence-corrected chi connectivity index (χ3v) is 3.77. The van der Waals surface area contributed by atoms with Gasteiger partial charge in [0.2, 0.25) is 0 Å². The largest absolute Gasteiger partial charge is 0.379 e. The minimum atomic E-state index is -0.500. The summed E-state index contributed by atoms with van der Waals surface area (Å²) < 4.78 is 29.1. The van der Waals surface area contributed by atoms with Crippen LogP contribution < -0.4 is 22.9 Å². The van der Waals surface area contributed by atoms with Crippen LogP contribution in [0.25, 0.3) is 0 Å². The van der Waals surface area contributed by atoms with E-state index >= 15 is 0 Å². The quantitative estimate of drug-likeness (QED) is 0.222. The summed E-state index contributed by atoms with van der Waals surface area (Å²) in [5.41, 5.74) is 22.7. The molecular weight excluding hydrogens is 376 g/mol. The average Bonchev–Trinajstić information content (AvgIpc) is 2.59. The highest BCUT2D eigenvalue weighted by molar-refractivity contribution is 4.80. The summed E-state index contributed by atoms with van der Waals surface area (Å²) in [7, 11) is 0. The molecule has 0 spiro atoms. The first-order valence-corrected chi connectivity index (χ1v) is 10.5. The molecule has 176 valence electrons. The Hall–Kier alpha value is -0.360. The Balaban J connectivity index is 4.91. The van der Waals surface area contributed by atoms with E-state index in [0.29, 0.717) is 59.5 Å². The topological polar surface area (TPSA) is 150 Å². The van der Waals surface area contributed by atoms with Crippen LogP contribution >= 0.6 is 0 Å². The summed E-state index contributed by atoms with van der Waals surface area (Å²) in [6, 6.07) is -0.192. The fraction of sp³-hybridized carbons (Fsp3) is 1.00. The number of rotatable bonds is 19. The Morgan fingerprint density at radius 3 is 1.14 bits per heavy atom. The van der Waals surface area contributed by atoms with Crippen LogP contribution in [0.5, 0.6) is 0 Å². The van der Waals surface area contributed by atoms with E-state index in [4.69, 9.17) is 46.6 Å². The summed E-state index contributed by atoms with van der Waals surface area (Å²) in [6.07, 6.45) is -0.0707. The molecule has 0 aliphatic heterocycles. The van der Waals surface area contributed by atoms with Crippen molar-refractivity contribution in [2.45, 2.75) is 64.9 Å². The Kier molecular flexibility index (Phi) is 16.1. The Bertz CT molecular complexity index is 348. The summed E-state index contributed by atoms with van der Waals surface area (Å²) in [4.78, 5) is 0. The fourth-order valence-electron chi connectivity index (χ4n) is 2.44. The lowest BCUT2D eigenvalue weighted by Crippen LogP contribution is -2.44. The van der Waals surface area contributed by atoms with Gasteiger partial charge >= 0.3 is 0 Å². The lowest BCUT2D eigenvalue weighted by molar-refractivity contribution is -0.119. The number of ether oxygens (including phenoxy) is 5. The maximum atomic E-state index is 5.97. The number of hydrogen-bond donors (Lipinski definition) is 4. The highest BCUT2D eigenvalue weighted by Crippen LogP contribution is 2.21. The van der Waals surface area contributed by atoms with Gasteiger partial charge in [-0.05, 0) is 34.6 Å². The van der Waals surface area contributed by atoms with Crippen LogP contribution in [0.3, 0.4) is 0 Å². The van der Waals surface area contributed by atoms with Crippen molar-refractivity contribution in [1.82, 2.24) is 0 Å². The van der Waals surface area contributed by atoms with Crippen LogP contribution in [-0.2, 0) is 23.7 Å². The minimum Gasteiger partial charge on any atom is -0.379 e. The molecule has 0 aliphatic rings. The van der Waals surface area contributed by atoms with E-state index in [9.17, 15) is 0 Å². The maximum absolute atomic E-state index is 5.97. The highest BCUT2D eigenvalue weighted by atomic mass is 16.5. The van der Waals surface area contributed by atoms with Gasteiger partial charge in [-0.2, -0.15) is 0 Å². The first kappa shape index (κ1) is 28.6. The Labute approximate surface area is 177 Å². The van der Waals surface area contributed by atoms with E-state index in [0.717, 1.165) is 0 Å². The summed E-state index contributed by atoms with van der Waals surface area (Å²) in [5, 5.41) is 0. The molecule has 0 aromatic heterocycles. The van der Waals surface area contributed by atoms with Gasteiger partial charge in [0.15, 0.2) is 0 Å². The molecule has 0 saturated heterocycles. The molecule has 0 heterocycles. The second-order valence-electron chi connectivity index (χ2n) is 8.61. The van der Waals surface area contributed by atoms with E-state index in [2.05, 4.69) is 0 Å². The summed E-state index contributed by atoms with van der Waals surface area (Å²) in [5.74, 6) is 0. The van der Waals surface area contributed by atoms with Gasteiger partial charge in [-0.15, -0.1) is 0 Å². The van der Waals surface area contributed by atoms with Crippen molar-refractivity contribution in [3.63, 3.8) is 0 Å². The molecule has 0 amide bonds. The average molecular weight is 423 g/mol. The van der Waals surface area contributed by atoms with Gasteiger partial charge in [0.1, 0.15) is 0 Å². The molecule has 29 heavy (non-hydrogen) atoms. The third kappa shape index (κ3) is 17.1. The zero-order valence-electron chi connectivity index (χ0n) is 19.1. The van der Waals surface area contributed by atoms with Gasteiger partial charge in [-0.25, -0.2) is 0 Å². The van der Waals surface area contributed by atoms with Crippen LogP contribution in [0.15, 0.2) is 0 Å². The van der Waals surface area contributed by atoms with Crippen molar-refractivity contribution >= 4 is 0 Å². The predicted molar refractivity (Wildman–Crippen MR) is 116 cm³/mol. The molecule has 0 aliphatic carbocycles. The smallest absolute Gasteiger partial charge is 0.0781 e. The SMILES string of the molecule is CC(N)COCC(COCC(C)N)(COCC(C)N)COCC(C)OCC(C)N. The van der Waals surface area contributed by atoms with Crippen molar-refractivity contribution < 1.29 is 23.7 Å². The van der Waals surface area contributed by atoms with Gasteiger partial charge in [0, 0.05) is 24.2 Å². The van der Waals surface area contributed by atoms with Crippen molar-refractivity contribution in [2.75, 3.05) is 59.5 Å². The van der Waals surface area contributed by atoms with Crippen molar-refractivity contribution in [2.24, 2.45) is 28.3 Å². The monoisotopic (exact) mass is 422 g/mol. The molecule has 0 radical (unpaired) electrons. The predicted octanol–water partition coefficient (Wildman–Crippen LogP) is -0.167. The molecule has 8 N–H and O–H groups in total. The van der Waals surface area contributed by atoms with Gasteiger partial charge < -0.3 is 46.6 Å². The highest BCUT2D eigenvalue weighted by Gasteiger charge is 2.33. The van der Waals surface area contributed by atoms with Crippen LogP contribution in [0, 0.1) is 5.41 Å². The van der Waals surface area contributed by atoms with Gasteiger partial charge in [0.05, 0.1) is 71.0 Å². The van der Waals surface area contributed by atoms with Crippen LogP contribution in [0.1, 0.15) is 34.6 Å². The van der Waals surface area contributed by atoms with Crippen molar-refractivity contribution in [3.05, 3.63) is 0 Å². The lowest BCUT2D eigenvalue weighted by atomic mass is 9.92. The molecular formula is C20H46N4O5. The first-order chi connectivity index (χ1) is 13.6. The van der Waals surface area contributed by atoms with E-state index in [1.54, 1.807) is 0 Å². The number of hydrogen-bond acceptors (Lipinski definition) is 9. The van der Waals surface area contributed by atoms with Gasteiger partial charge in [-0.1, -0.05) is 0 Å². The van der Waals surface area contributed by atoms with Crippen LogP contribution in [-0.4, -0.2) is 89.7 Å². The Morgan fingerprint density at radius 2 is 0.828 bits per heavy atom. The molecule has 0 saturated carbocycles. The van der Waals surface area contributed by atoms with Gasteiger partial charge in [0.25, 0.3) is 0 Å². The van der Waals surface area contributed by atoms with E-state index in [-0.39, 0.29) is 30.3 Å². The standard InChI is InChI=1S/C20H46N4O5/c1-15(21)6-25-11-20(12-26-7-16(2)22,13-27-8-17(3)23)14-28-10-19(5)29-9-18(4)24/h15-19H,6-14,21-24H2,1-5H3. The van der Waals surface area contributed by atoms with Crippen LogP contribution in [0.4, 0.5) is 0 Å². The van der Waals surface area contributed by atoms with Crippen molar-refractivity contribution in [1.29, 1.82) is 0 Å².